The first-order chi connectivity index (χ1) is 10.2. The number of hydrazine groups is 1. The van der Waals surface area contributed by atoms with Crippen molar-refractivity contribution in [1.82, 2.24) is 10.3 Å². The third kappa shape index (κ3) is 2.95. The van der Waals surface area contributed by atoms with Gasteiger partial charge in [-0.2, -0.15) is 0 Å². The van der Waals surface area contributed by atoms with Crippen molar-refractivity contribution in [1.29, 1.82) is 0 Å². The number of carbonyl (C=O) groups excluding carboxylic acids is 1. The standard InChI is InChI=1S/C15H27N3O3/c1-2-5-18-10-12(14(19)17-16)8-11-9-15(4-3-13(11)18)20-6-7-21-15/h11-13H,2-10,16H2,1H3,(H,17,19). The maximum Gasteiger partial charge on any atom is 0.238 e. The number of amides is 1. The van der Waals surface area contributed by atoms with Gasteiger partial charge in [-0.1, -0.05) is 6.92 Å². The first kappa shape index (κ1) is 15.2. The van der Waals surface area contributed by atoms with E-state index >= 15 is 0 Å². The number of nitrogens with two attached hydrogens (primary N) is 1. The second-order valence-corrected chi connectivity index (χ2v) is 6.61. The van der Waals surface area contributed by atoms with Gasteiger partial charge >= 0.3 is 0 Å². The highest BCUT2D eigenvalue weighted by atomic mass is 16.7. The Morgan fingerprint density at radius 1 is 1.43 bits per heavy atom. The van der Waals surface area contributed by atoms with E-state index < -0.39 is 0 Å². The molecule has 0 bridgehead atoms. The Hall–Kier alpha value is -0.690. The van der Waals surface area contributed by atoms with Crippen LogP contribution in [0.1, 0.15) is 39.0 Å². The van der Waals surface area contributed by atoms with E-state index in [1.54, 1.807) is 0 Å². The van der Waals surface area contributed by atoms with E-state index in [-0.39, 0.29) is 17.6 Å². The number of fused-ring (bicyclic) bond motifs is 1. The molecular weight excluding hydrogens is 270 g/mol. The van der Waals surface area contributed by atoms with Gasteiger partial charge in [0.15, 0.2) is 5.79 Å². The highest BCUT2D eigenvalue weighted by molar-refractivity contribution is 5.78. The van der Waals surface area contributed by atoms with Crippen molar-refractivity contribution in [3.8, 4) is 0 Å². The summed E-state index contributed by atoms with van der Waals surface area (Å²) in [4.78, 5) is 14.5. The quantitative estimate of drug-likeness (QED) is 0.454. The van der Waals surface area contributed by atoms with Crippen molar-refractivity contribution in [3.05, 3.63) is 0 Å². The maximum atomic E-state index is 12.0. The fourth-order valence-electron chi connectivity index (χ4n) is 4.43. The van der Waals surface area contributed by atoms with Crippen LogP contribution in [0.3, 0.4) is 0 Å². The minimum Gasteiger partial charge on any atom is -0.348 e. The molecule has 3 unspecified atom stereocenters. The van der Waals surface area contributed by atoms with Crippen LogP contribution in [-0.2, 0) is 14.3 Å². The summed E-state index contributed by atoms with van der Waals surface area (Å²) in [5.74, 6) is 5.37. The second-order valence-electron chi connectivity index (χ2n) is 6.61. The zero-order valence-corrected chi connectivity index (χ0v) is 12.8. The van der Waals surface area contributed by atoms with E-state index in [9.17, 15) is 4.79 Å². The van der Waals surface area contributed by atoms with Gasteiger partial charge < -0.3 is 9.47 Å². The van der Waals surface area contributed by atoms with E-state index in [4.69, 9.17) is 15.3 Å². The molecular formula is C15H27N3O3. The van der Waals surface area contributed by atoms with Crippen LogP contribution < -0.4 is 11.3 Å². The lowest BCUT2D eigenvalue weighted by Crippen LogP contribution is -2.57. The van der Waals surface area contributed by atoms with Crippen LogP contribution in [0.15, 0.2) is 0 Å². The Bertz CT molecular complexity index is 384. The number of piperidine rings is 1. The van der Waals surface area contributed by atoms with E-state index in [0.29, 0.717) is 25.2 Å². The number of carbonyl (C=O) groups is 1. The second kappa shape index (κ2) is 6.20. The topological polar surface area (TPSA) is 76.8 Å². The number of likely N-dealkylation sites (tertiary alicyclic amines) is 1. The summed E-state index contributed by atoms with van der Waals surface area (Å²) in [6.45, 7) is 5.46. The lowest BCUT2D eigenvalue weighted by molar-refractivity contribution is -0.203. The smallest absolute Gasteiger partial charge is 0.238 e. The number of ether oxygens (including phenoxy) is 2. The molecule has 3 aliphatic rings. The Kier molecular flexibility index (Phi) is 4.49. The fourth-order valence-corrected chi connectivity index (χ4v) is 4.43. The van der Waals surface area contributed by atoms with Gasteiger partial charge in [0.05, 0.1) is 19.1 Å². The van der Waals surface area contributed by atoms with Crippen LogP contribution >= 0.6 is 0 Å². The van der Waals surface area contributed by atoms with Crippen molar-refractivity contribution in [2.24, 2.45) is 17.7 Å². The number of hydrogen-bond donors (Lipinski definition) is 2. The molecule has 1 saturated carbocycles. The highest BCUT2D eigenvalue weighted by Gasteiger charge is 2.49. The van der Waals surface area contributed by atoms with Gasteiger partial charge in [-0.15, -0.1) is 0 Å². The number of nitrogens with zero attached hydrogens (tertiary/aromatic N) is 1. The highest BCUT2D eigenvalue weighted by Crippen LogP contribution is 2.45. The molecule has 0 aromatic heterocycles. The summed E-state index contributed by atoms with van der Waals surface area (Å²) in [7, 11) is 0. The lowest BCUT2D eigenvalue weighted by Gasteiger charge is -2.50. The molecule has 0 aromatic carbocycles. The van der Waals surface area contributed by atoms with Crippen molar-refractivity contribution in [2.45, 2.75) is 50.9 Å². The van der Waals surface area contributed by atoms with Gasteiger partial charge in [-0.3, -0.25) is 15.1 Å². The van der Waals surface area contributed by atoms with Gasteiger partial charge in [0.25, 0.3) is 0 Å². The van der Waals surface area contributed by atoms with Crippen molar-refractivity contribution >= 4 is 5.91 Å². The SMILES string of the molecule is CCCN1CC(C(=O)NN)CC2CC3(CCC21)OCCO3. The maximum absolute atomic E-state index is 12.0. The molecule has 3 rings (SSSR count). The molecule has 3 fully saturated rings. The summed E-state index contributed by atoms with van der Waals surface area (Å²) in [5.41, 5.74) is 2.33. The summed E-state index contributed by atoms with van der Waals surface area (Å²) in [6.07, 6.45) is 4.98. The van der Waals surface area contributed by atoms with E-state index in [0.717, 1.165) is 45.2 Å². The van der Waals surface area contributed by atoms with Crippen LogP contribution in [0.2, 0.25) is 0 Å². The molecule has 0 aromatic rings. The molecule has 2 saturated heterocycles. The summed E-state index contributed by atoms with van der Waals surface area (Å²) in [6, 6.07) is 0.560. The van der Waals surface area contributed by atoms with Crippen LogP contribution in [0.25, 0.3) is 0 Å². The van der Waals surface area contributed by atoms with E-state index in [1.807, 2.05) is 0 Å². The first-order valence-electron chi connectivity index (χ1n) is 8.20. The van der Waals surface area contributed by atoms with Crippen LogP contribution in [0.5, 0.6) is 0 Å². The molecule has 21 heavy (non-hydrogen) atoms. The predicted octanol–water partition coefficient (Wildman–Crippen LogP) is 0.620. The molecule has 6 nitrogen and oxygen atoms in total. The molecule has 1 spiro atoms. The molecule has 6 heteroatoms. The molecule has 0 radical (unpaired) electrons. The monoisotopic (exact) mass is 297 g/mol. The lowest BCUT2D eigenvalue weighted by atomic mass is 9.72. The molecule has 3 atom stereocenters. The van der Waals surface area contributed by atoms with Crippen molar-refractivity contribution < 1.29 is 14.3 Å². The Labute approximate surface area is 126 Å². The van der Waals surface area contributed by atoms with Crippen molar-refractivity contribution in [2.75, 3.05) is 26.3 Å². The third-order valence-corrected chi connectivity index (χ3v) is 5.29. The Morgan fingerprint density at radius 3 is 2.86 bits per heavy atom. The molecule has 2 aliphatic heterocycles. The van der Waals surface area contributed by atoms with Crippen LogP contribution in [0, 0.1) is 11.8 Å². The fraction of sp³-hybridized carbons (Fsp3) is 0.933. The molecule has 1 aliphatic carbocycles. The van der Waals surface area contributed by atoms with E-state index in [1.165, 1.54) is 0 Å². The first-order valence-corrected chi connectivity index (χ1v) is 8.20. The van der Waals surface area contributed by atoms with Crippen LogP contribution in [-0.4, -0.2) is 48.9 Å². The average Bonchev–Trinajstić information content (AvgIpc) is 2.94. The Balaban J connectivity index is 1.74. The molecule has 2 heterocycles. The molecule has 3 N–H and O–H groups in total. The third-order valence-electron chi connectivity index (χ3n) is 5.29. The summed E-state index contributed by atoms with van der Waals surface area (Å²) >= 11 is 0. The number of nitrogens with one attached hydrogen (secondary N) is 1. The minimum atomic E-state index is -0.375. The molecule has 120 valence electrons. The van der Waals surface area contributed by atoms with Gasteiger partial charge in [-0.25, -0.2) is 5.84 Å². The Morgan fingerprint density at radius 2 is 2.19 bits per heavy atom. The van der Waals surface area contributed by atoms with E-state index in [2.05, 4.69) is 17.2 Å². The summed E-state index contributed by atoms with van der Waals surface area (Å²) in [5, 5.41) is 0. The van der Waals surface area contributed by atoms with Gasteiger partial charge in [0, 0.05) is 25.4 Å². The zero-order chi connectivity index (χ0) is 14.9. The van der Waals surface area contributed by atoms with Gasteiger partial charge in [-0.05, 0) is 31.7 Å². The number of rotatable bonds is 3. The van der Waals surface area contributed by atoms with Gasteiger partial charge in [0.1, 0.15) is 0 Å². The largest absolute Gasteiger partial charge is 0.348 e. The van der Waals surface area contributed by atoms with Gasteiger partial charge in [0.2, 0.25) is 5.91 Å². The average molecular weight is 297 g/mol. The van der Waals surface area contributed by atoms with Crippen molar-refractivity contribution in [3.63, 3.8) is 0 Å². The number of hydrogen-bond acceptors (Lipinski definition) is 5. The molecule has 1 amide bonds. The zero-order valence-electron chi connectivity index (χ0n) is 12.8. The minimum absolute atomic E-state index is 0.0145. The normalized spacial score (nSPS) is 35.6. The summed E-state index contributed by atoms with van der Waals surface area (Å²) < 4.78 is 11.8. The predicted molar refractivity (Wildman–Crippen MR) is 78.1 cm³/mol. The van der Waals surface area contributed by atoms with Crippen LogP contribution in [0.4, 0.5) is 0 Å².